The molecule has 1 heterocycles. The van der Waals surface area contributed by atoms with Crippen molar-refractivity contribution in [2.75, 3.05) is 6.61 Å². The molecule has 5 heteroatoms. The summed E-state index contributed by atoms with van der Waals surface area (Å²) in [6, 6.07) is 0. The number of ketones is 1. The first kappa shape index (κ1) is 12.8. The highest BCUT2D eigenvalue weighted by Gasteiger charge is 2.21. The minimum atomic E-state index is -0.285. The molecule has 0 saturated carbocycles. The summed E-state index contributed by atoms with van der Waals surface area (Å²) in [5, 5.41) is 3.78. The monoisotopic (exact) mass is 226 g/mol. The normalized spacial score (nSPS) is 12.7. The van der Waals surface area contributed by atoms with Crippen LogP contribution < -0.4 is 0 Å². The first-order valence-corrected chi connectivity index (χ1v) is 5.59. The highest BCUT2D eigenvalue weighted by atomic mass is 16.5. The number of Topliss-reactive ketones (excluding diaryl/α,β-unsaturated/α-hetero) is 1. The maximum Gasteiger partial charge on any atom is 0.237 e. The van der Waals surface area contributed by atoms with Gasteiger partial charge in [-0.1, -0.05) is 19.0 Å². The molecule has 1 atom stereocenters. The van der Waals surface area contributed by atoms with Gasteiger partial charge in [0.05, 0.1) is 5.92 Å². The van der Waals surface area contributed by atoms with E-state index in [-0.39, 0.29) is 11.7 Å². The molecular formula is C11H18N2O3. The molecular weight excluding hydrogens is 208 g/mol. The standard InChI is InChI=1S/C11H18N2O3/c1-4-6-15-7-10-12-11(16-13-10)9(5-2)8(3)14/h9H,4-7H2,1-3H3. The lowest BCUT2D eigenvalue weighted by Gasteiger charge is -2.03. The molecule has 0 aromatic carbocycles. The minimum absolute atomic E-state index is 0.0483. The third-order valence-electron chi connectivity index (χ3n) is 2.26. The van der Waals surface area contributed by atoms with Gasteiger partial charge in [0.1, 0.15) is 12.4 Å². The van der Waals surface area contributed by atoms with Gasteiger partial charge >= 0.3 is 0 Å². The van der Waals surface area contributed by atoms with Crippen molar-refractivity contribution in [3.05, 3.63) is 11.7 Å². The number of nitrogens with zero attached hydrogens (tertiary/aromatic N) is 2. The predicted octanol–water partition coefficient (Wildman–Crippen LogP) is 2.08. The molecule has 0 aliphatic carbocycles. The topological polar surface area (TPSA) is 65.2 Å². The maximum absolute atomic E-state index is 11.3. The van der Waals surface area contributed by atoms with Crippen LogP contribution in [0.15, 0.2) is 4.52 Å². The molecule has 0 radical (unpaired) electrons. The molecule has 0 fully saturated rings. The van der Waals surface area contributed by atoms with E-state index < -0.39 is 0 Å². The van der Waals surface area contributed by atoms with E-state index in [9.17, 15) is 4.79 Å². The molecule has 5 nitrogen and oxygen atoms in total. The summed E-state index contributed by atoms with van der Waals surface area (Å²) in [4.78, 5) is 15.4. The number of hydrogen-bond acceptors (Lipinski definition) is 5. The molecule has 0 aliphatic heterocycles. The van der Waals surface area contributed by atoms with Gasteiger partial charge < -0.3 is 9.26 Å². The van der Waals surface area contributed by atoms with Crippen LogP contribution in [0.25, 0.3) is 0 Å². The van der Waals surface area contributed by atoms with E-state index in [1.54, 1.807) is 0 Å². The first-order chi connectivity index (χ1) is 7.69. The van der Waals surface area contributed by atoms with Crippen molar-refractivity contribution in [2.45, 2.75) is 46.1 Å². The highest BCUT2D eigenvalue weighted by Crippen LogP contribution is 2.18. The van der Waals surface area contributed by atoms with Gasteiger partial charge in [-0.25, -0.2) is 0 Å². The Morgan fingerprint density at radius 3 is 2.81 bits per heavy atom. The van der Waals surface area contributed by atoms with Crippen LogP contribution in [0.2, 0.25) is 0 Å². The zero-order valence-corrected chi connectivity index (χ0v) is 10.0. The molecule has 0 spiro atoms. The zero-order valence-electron chi connectivity index (χ0n) is 10.0. The highest BCUT2D eigenvalue weighted by molar-refractivity contribution is 5.82. The van der Waals surface area contributed by atoms with Crippen LogP contribution in [-0.4, -0.2) is 22.5 Å². The largest absolute Gasteiger partial charge is 0.373 e. The van der Waals surface area contributed by atoms with E-state index in [0.717, 1.165) is 6.42 Å². The van der Waals surface area contributed by atoms with Gasteiger partial charge in [-0.2, -0.15) is 4.98 Å². The van der Waals surface area contributed by atoms with E-state index in [4.69, 9.17) is 9.26 Å². The van der Waals surface area contributed by atoms with Gasteiger partial charge in [-0.05, 0) is 19.8 Å². The molecule has 0 amide bonds. The average molecular weight is 226 g/mol. The predicted molar refractivity (Wildman–Crippen MR) is 58.0 cm³/mol. The van der Waals surface area contributed by atoms with Gasteiger partial charge in [-0.15, -0.1) is 0 Å². The van der Waals surface area contributed by atoms with Crippen LogP contribution in [0.1, 0.15) is 51.2 Å². The lowest BCUT2D eigenvalue weighted by Crippen LogP contribution is -2.08. The minimum Gasteiger partial charge on any atom is -0.373 e. The molecule has 1 aromatic heterocycles. The summed E-state index contributed by atoms with van der Waals surface area (Å²) in [6.45, 7) is 6.50. The molecule has 90 valence electrons. The number of rotatable bonds is 7. The quantitative estimate of drug-likeness (QED) is 0.666. The Hall–Kier alpha value is -1.23. The van der Waals surface area contributed by atoms with Gasteiger partial charge in [0.2, 0.25) is 5.89 Å². The van der Waals surface area contributed by atoms with Crippen molar-refractivity contribution in [2.24, 2.45) is 0 Å². The van der Waals surface area contributed by atoms with Crippen molar-refractivity contribution in [3.63, 3.8) is 0 Å². The summed E-state index contributed by atoms with van der Waals surface area (Å²) in [7, 11) is 0. The van der Waals surface area contributed by atoms with Crippen molar-refractivity contribution < 1.29 is 14.1 Å². The van der Waals surface area contributed by atoms with Gasteiger partial charge in [0.25, 0.3) is 0 Å². The van der Waals surface area contributed by atoms with Crippen LogP contribution in [0.5, 0.6) is 0 Å². The van der Waals surface area contributed by atoms with E-state index in [0.29, 0.717) is 31.3 Å². The second kappa shape index (κ2) is 6.37. The Morgan fingerprint density at radius 1 is 1.50 bits per heavy atom. The second-order valence-corrected chi connectivity index (χ2v) is 3.67. The van der Waals surface area contributed by atoms with E-state index in [1.165, 1.54) is 6.92 Å². The third-order valence-corrected chi connectivity index (χ3v) is 2.26. The number of ether oxygens (including phenoxy) is 1. The average Bonchev–Trinajstić information content (AvgIpc) is 2.67. The zero-order chi connectivity index (χ0) is 12.0. The summed E-state index contributed by atoms with van der Waals surface area (Å²) in [6.07, 6.45) is 1.63. The Kier molecular flexibility index (Phi) is 5.11. The smallest absolute Gasteiger partial charge is 0.237 e. The lowest BCUT2D eigenvalue weighted by molar-refractivity contribution is -0.119. The molecule has 1 rings (SSSR count). The number of hydrogen-bond donors (Lipinski definition) is 0. The van der Waals surface area contributed by atoms with Crippen molar-refractivity contribution in [1.29, 1.82) is 0 Å². The Balaban J connectivity index is 2.59. The second-order valence-electron chi connectivity index (χ2n) is 3.67. The molecule has 0 aliphatic rings. The molecule has 0 bridgehead atoms. The van der Waals surface area contributed by atoms with Crippen molar-refractivity contribution in [3.8, 4) is 0 Å². The van der Waals surface area contributed by atoms with Crippen LogP contribution in [-0.2, 0) is 16.1 Å². The van der Waals surface area contributed by atoms with Crippen LogP contribution in [0, 0.1) is 0 Å². The fourth-order valence-electron chi connectivity index (χ4n) is 1.41. The Bertz CT molecular complexity index is 336. The van der Waals surface area contributed by atoms with E-state index in [1.807, 2.05) is 13.8 Å². The lowest BCUT2D eigenvalue weighted by atomic mass is 10.0. The summed E-state index contributed by atoms with van der Waals surface area (Å²) in [5.74, 6) is 0.660. The van der Waals surface area contributed by atoms with Gasteiger partial charge in [0.15, 0.2) is 5.82 Å². The summed E-state index contributed by atoms with van der Waals surface area (Å²) in [5.41, 5.74) is 0. The number of carbonyl (C=O) groups excluding carboxylic acids is 1. The van der Waals surface area contributed by atoms with E-state index in [2.05, 4.69) is 10.1 Å². The molecule has 16 heavy (non-hydrogen) atoms. The van der Waals surface area contributed by atoms with Crippen molar-refractivity contribution in [1.82, 2.24) is 10.1 Å². The van der Waals surface area contributed by atoms with Crippen LogP contribution >= 0.6 is 0 Å². The third kappa shape index (κ3) is 3.41. The fraction of sp³-hybridized carbons (Fsp3) is 0.727. The fourth-order valence-corrected chi connectivity index (χ4v) is 1.41. The Morgan fingerprint density at radius 2 is 2.25 bits per heavy atom. The summed E-state index contributed by atoms with van der Waals surface area (Å²) >= 11 is 0. The number of aromatic nitrogens is 2. The summed E-state index contributed by atoms with van der Waals surface area (Å²) < 4.78 is 10.3. The van der Waals surface area contributed by atoms with Gasteiger partial charge in [-0.3, -0.25) is 4.79 Å². The SMILES string of the molecule is CCCOCc1noc(C(CC)C(C)=O)n1. The molecule has 1 unspecified atom stereocenters. The van der Waals surface area contributed by atoms with Crippen LogP contribution in [0.4, 0.5) is 0 Å². The number of carbonyl (C=O) groups is 1. The molecule has 0 saturated heterocycles. The molecule has 0 N–H and O–H groups in total. The van der Waals surface area contributed by atoms with E-state index >= 15 is 0 Å². The molecule has 1 aromatic rings. The van der Waals surface area contributed by atoms with Crippen LogP contribution in [0.3, 0.4) is 0 Å². The van der Waals surface area contributed by atoms with Gasteiger partial charge in [0, 0.05) is 6.61 Å². The van der Waals surface area contributed by atoms with Crippen molar-refractivity contribution >= 4 is 5.78 Å². The Labute approximate surface area is 95.2 Å². The first-order valence-electron chi connectivity index (χ1n) is 5.59. The maximum atomic E-state index is 11.3.